The maximum absolute atomic E-state index is 13.1. The lowest BCUT2D eigenvalue weighted by molar-refractivity contribution is 0.0658. The molecule has 122 valence electrons. The fourth-order valence-electron chi connectivity index (χ4n) is 3.57. The second-order valence-electron chi connectivity index (χ2n) is 6.43. The molecule has 0 saturated heterocycles. The predicted molar refractivity (Wildman–Crippen MR) is 87.9 cm³/mol. The summed E-state index contributed by atoms with van der Waals surface area (Å²) >= 11 is 0. The Morgan fingerprint density at radius 1 is 1.12 bits per heavy atom. The Labute approximate surface area is 139 Å². The molecule has 2 aliphatic carbocycles. The number of rotatable bonds is 4. The second-order valence-corrected chi connectivity index (χ2v) is 6.43. The van der Waals surface area contributed by atoms with Crippen LogP contribution < -0.4 is 0 Å². The Morgan fingerprint density at radius 2 is 1.92 bits per heavy atom. The molecule has 2 aromatic rings. The maximum Gasteiger partial charge on any atom is 0.354 e. The molecule has 4 rings (SSSR count). The molecule has 0 aliphatic heterocycles. The highest BCUT2D eigenvalue weighted by Gasteiger charge is 2.40. The van der Waals surface area contributed by atoms with Gasteiger partial charge in [0.15, 0.2) is 0 Å². The molecule has 1 aromatic carbocycles. The van der Waals surface area contributed by atoms with Gasteiger partial charge in [-0.25, -0.2) is 9.78 Å². The topological polar surface area (TPSA) is 70.5 Å². The summed E-state index contributed by atoms with van der Waals surface area (Å²) in [4.78, 5) is 30.0. The fourth-order valence-corrected chi connectivity index (χ4v) is 3.57. The molecule has 2 aliphatic rings. The summed E-state index contributed by atoms with van der Waals surface area (Å²) in [6.07, 6.45) is 5.33. The molecular weight excluding hydrogens is 304 g/mol. The number of aromatic nitrogens is 1. The number of hydrogen-bond acceptors (Lipinski definition) is 3. The highest BCUT2D eigenvalue weighted by Crippen LogP contribution is 2.42. The van der Waals surface area contributed by atoms with Gasteiger partial charge >= 0.3 is 5.97 Å². The lowest BCUT2D eigenvalue weighted by Crippen LogP contribution is -2.36. The van der Waals surface area contributed by atoms with Crippen molar-refractivity contribution in [2.24, 2.45) is 0 Å². The van der Waals surface area contributed by atoms with E-state index in [1.165, 1.54) is 23.4 Å². The molecule has 1 amide bonds. The van der Waals surface area contributed by atoms with Gasteiger partial charge in [-0.3, -0.25) is 4.79 Å². The molecule has 1 heterocycles. The lowest BCUT2D eigenvalue weighted by Gasteiger charge is -2.30. The molecule has 5 heteroatoms. The zero-order chi connectivity index (χ0) is 16.7. The first-order valence-corrected chi connectivity index (χ1v) is 8.25. The van der Waals surface area contributed by atoms with Crippen molar-refractivity contribution in [1.82, 2.24) is 9.88 Å². The number of carbonyl (C=O) groups is 2. The third kappa shape index (κ3) is 2.56. The highest BCUT2D eigenvalue weighted by atomic mass is 16.4. The Bertz CT molecular complexity index is 814. The van der Waals surface area contributed by atoms with E-state index < -0.39 is 5.97 Å². The number of amides is 1. The van der Waals surface area contributed by atoms with E-state index in [0.29, 0.717) is 5.56 Å². The highest BCUT2D eigenvalue weighted by molar-refractivity contribution is 5.97. The monoisotopic (exact) mass is 322 g/mol. The average molecular weight is 322 g/mol. The second kappa shape index (κ2) is 5.74. The molecular formula is C19H18N2O3. The van der Waals surface area contributed by atoms with Gasteiger partial charge in [0.1, 0.15) is 5.69 Å². The van der Waals surface area contributed by atoms with Crippen LogP contribution in [0.1, 0.15) is 57.3 Å². The van der Waals surface area contributed by atoms with E-state index in [4.69, 9.17) is 5.11 Å². The summed E-state index contributed by atoms with van der Waals surface area (Å²) in [5.74, 6) is -1.21. The first kappa shape index (κ1) is 14.9. The molecule has 1 saturated carbocycles. The van der Waals surface area contributed by atoms with E-state index in [9.17, 15) is 9.59 Å². The largest absolute Gasteiger partial charge is 0.477 e. The smallest absolute Gasteiger partial charge is 0.354 e. The Morgan fingerprint density at radius 3 is 2.67 bits per heavy atom. The molecule has 1 atom stereocenters. The lowest BCUT2D eigenvalue weighted by atomic mass is 10.1. The van der Waals surface area contributed by atoms with E-state index in [1.807, 2.05) is 17.0 Å². The van der Waals surface area contributed by atoms with Crippen molar-refractivity contribution in [1.29, 1.82) is 0 Å². The molecule has 1 fully saturated rings. The zero-order valence-corrected chi connectivity index (χ0v) is 13.2. The van der Waals surface area contributed by atoms with E-state index >= 15 is 0 Å². The standard InChI is InChI=1S/C19H18N2O3/c22-18(13-9-10-20-16(11-13)19(23)24)21(14-6-7-14)17-8-5-12-3-1-2-4-15(12)17/h1-4,9-11,14,17H,5-8H2,(H,23,24)/t17-/m1/s1. The van der Waals surface area contributed by atoms with Crippen molar-refractivity contribution < 1.29 is 14.7 Å². The molecule has 1 N–H and O–H groups in total. The number of carbonyl (C=O) groups excluding carboxylic acids is 1. The average Bonchev–Trinajstić information content (AvgIpc) is 3.35. The number of hydrogen-bond donors (Lipinski definition) is 1. The van der Waals surface area contributed by atoms with E-state index in [1.54, 1.807) is 6.07 Å². The van der Waals surface area contributed by atoms with Crippen LogP contribution in [-0.4, -0.2) is 32.9 Å². The molecule has 1 aromatic heterocycles. The van der Waals surface area contributed by atoms with Crippen LogP contribution in [0.15, 0.2) is 42.6 Å². The van der Waals surface area contributed by atoms with Crippen LogP contribution in [0.4, 0.5) is 0 Å². The number of benzene rings is 1. The summed E-state index contributed by atoms with van der Waals surface area (Å²) in [5.41, 5.74) is 2.84. The summed E-state index contributed by atoms with van der Waals surface area (Å²) in [6.45, 7) is 0. The third-order valence-corrected chi connectivity index (χ3v) is 4.84. The SMILES string of the molecule is O=C(O)c1cc(C(=O)N(C2CC2)[C@@H]2CCc3ccccc32)ccn1. The first-order valence-electron chi connectivity index (χ1n) is 8.25. The van der Waals surface area contributed by atoms with Crippen LogP contribution in [0.25, 0.3) is 0 Å². The van der Waals surface area contributed by atoms with Gasteiger partial charge in [-0.05, 0) is 48.9 Å². The van der Waals surface area contributed by atoms with Crippen molar-refractivity contribution in [2.45, 2.75) is 37.8 Å². The zero-order valence-electron chi connectivity index (χ0n) is 13.2. The number of aryl methyl sites for hydroxylation is 1. The van der Waals surface area contributed by atoms with Gasteiger partial charge in [0.2, 0.25) is 0 Å². The van der Waals surface area contributed by atoms with Crippen LogP contribution in [0.2, 0.25) is 0 Å². The molecule has 0 radical (unpaired) electrons. The van der Waals surface area contributed by atoms with Crippen molar-refractivity contribution in [3.05, 3.63) is 65.0 Å². The summed E-state index contributed by atoms with van der Waals surface area (Å²) in [7, 11) is 0. The quantitative estimate of drug-likeness (QED) is 0.939. The van der Waals surface area contributed by atoms with Crippen LogP contribution in [0.3, 0.4) is 0 Å². The van der Waals surface area contributed by atoms with Gasteiger partial charge in [-0.1, -0.05) is 24.3 Å². The van der Waals surface area contributed by atoms with Gasteiger partial charge in [0.05, 0.1) is 6.04 Å². The number of nitrogens with zero attached hydrogens (tertiary/aromatic N) is 2. The van der Waals surface area contributed by atoms with Gasteiger partial charge in [-0.15, -0.1) is 0 Å². The van der Waals surface area contributed by atoms with Crippen molar-refractivity contribution in [3.8, 4) is 0 Å². The Balaban J connectivity index is 1.68. The molecule has 0 unspecified atom stereocenters. The van der Waals surface area contributed by atoms with Crippen molar-refractivity contribution in [3.63, 3.8) is 0 Å². The summed E-state index contributed by atoms with van der Waals surface area (Å²) in [5, 5.41) is 9.11. The first-order chi connectivity index (χ1) is 11.6. The number of fused-ring (bicyclic) bond motifs is 1. The number of carboxylic acid groups (broad SMARTS) is 1. The third-order valence-electron chi connectivity index (χ3n) is 4.84. The molecule has 0 spiro atoms. The Kier molecular flexibility index (Phi) is 3.56. The number of pyridine rings is 1. The molecule has 0 bridgehead atoms. The van der Waals surface area contributed by atoms with Gasteiger partial charge < -0.3 is 10.0 Å². The van der Waals surface area contributed by atoms with Crippen LogP contribution in [0, 0.1) is 0 Å². The van der Waals surface area contributed by atoms with Crippen LogP contribution in [-0.2, 0) is 6.42 Å². The Hall–Kier alpha value is -2.69. The number of carboxylic acids is 1. The van der Waals surface area contributed by atoms with Crippen LogP contribution in [0.5, 0.6) is 0 Å². The van der Waals surface area contributed by atoms with E-state index in [2.05, 4.69) is 17.1 Å². The molecule has 24 heavy (non-hydrogen) atoms. The van der Waals surface area contributed by atoms with Gasteiger partial charge in [-0.2, -0.15) is 0 Å². The van der Waals surface area contributed by atoms with E-state index in [0.717, 1.165) is 25.7 Å². The van der Waals surface area contributed by atoms with Gasteiger partial charge in [0, 0.05) is 17.8 Å². The minimum atomic E-state index is -1.12. The van der Waals surface area contributed by atoms with E-state index in [-0.39, 0.29) is 23.7 Å². The van der Waals surface area contributed by atoms with Crippen molar-refractivity contribution >= 4 is 11.9 Å². The molecule has 5 nitrogen and oxygen atoms in total. The normalized spacial score (nSPS) is 18.9. The fraction of sp³-hybridized carbons (Fsp3) is 0.316. The van der Waals surface area contributed by atoms with Crippen LogP contribution >= 0.6 is 0 Å². The van der Waals surface area contributed by atoms with Crippen molar-refractivity contribution in [2.75, 3.05) is 0 Å². The minimum absolute atomic E-state index is 0.0858. The summed E-state index contributed by atoms with van der Waals surface area (Å²) < 4.78 is 0. The minimum Gasteiger partial charge on any atom is -0.477 e. The predicted octanol–water partition coefficient (Wildman–Crippen LogP) is 3.07. The number of aromatic carboxylic acids is 1. The maximum atomic E-state index is 13.1. The van der Waals surface area contributed by atoms with Gasteiger partial charge in [0.25, 0.3) is 5.91 Å². The summed E-state index contributed by atoms with van der Waals surface area (Å²) in [6, 6.07) is 11.6.